The monoisotopic (exact) mass is 453 g/mol. The van der Waals surface area contributed by atoms with Gasteiger partial charge in [-0.25, -0.2) is 9.78 Å². The average Bonchev–Trinajstić information content (AvgIpc) is 3.12. The zero-order valence-corrected chi connectivity index (χ0v) is 17.2. The van der Waals surface area contributed by atoms with Gasteiger partial charge in [0.15, 0.2) is 0 Å². The normalized spacial score (nSPS) is 20.8. The van der Waals surface area contributed by atoms with Gasteiger partial charge in [-0.05, 0) is 67.8 Å². The van der Waals surface area contributed by atoms with Gasteiger partial charge in [-0.3, -0.25) is 4.90 Å². The van der Waals surface area contributed by atoms with Crippen molar-refractivity contribution in [1.29, 1.82) is 0 Å². The van der Waals surface area contributed by atoms with Crippen molar-refractivity contribution in [3.05, 3.63) is 39.9 Å². The van der Waals surface area contributed by atoms with E-state index in [1.54, 1.807) is 4.90 Å². The lowest BCUT2D eigenvalue weighted by molar-refractivity contribution is 0.0214. The first-order valence-electron chi connectivity index (χ1n) is 8.54. The summed E-state index contributed by atoms with van der Waals surface area (Å²) in [5.74, 6) is 1.24. The summed E-state index contributed by atoms with van der Waals surface area (Å²) in [7, 11) is 0. The molecular formula is C19H24IN3O2. The molecule has 0 radical (unpaired) electrons. The summed E-state index contributed by atoms with van der Waals surface area (Å²) >= 11 is 2.29. The van der Waals surface area contributed by atoms with E-state index in [1.165, 1.54) is 3.57 Å². The van der Waals surface area contributed by atoms with Gasteiger partial charge < -0.3 is 9.72 Å². The average molecular weight is 453 g/mol. The summed E-state index contributed by atoms with van der Waals surface area (Å²) < 4.78 is 6.76. The summed E-state index contributed by atoms with van der Waals surface area (Å²) in [6, 6.07) is 8.18. The molecule has 1 aliphatic heterocycles. The molecule has 0 unspecified atom stereocenters. The molecule has 1 aromatic carbocycles. The predicted octanol–water partition coefficient (Wildman–Crippen LogP) is 5.00. The van der Waals surface area contributed by atoms with Gasteiger partial charge in [0, 0.05) is 21.9 Å². The highest BCUT2D eigenvalue weighted by atomic mass is 127. The van der Waals surface area contributed by atoms with Crippen LogP contribution in [0, 0.1) is 9.49 Å². The molecular weight excluding hydrogens is 429 g/mol. The molecule has 1 saturated heterocycles. The summed E-state index contributed by atoms with van der Waals surface area (Å²) in [6.07, 6.45) is 2.53. The van der Waals surface area contributed by atoms with Gasteiger partial charge in [0.25, 0.3) is 0 Å². The van der Waals surface area contributed by atoms with Crippen LogP contribution < -0.4 is 0 Å². The minimum absolute atomic E-state index is 0.0672. The maximum atomic E-state index is 12.6. The number of imidazole rings is 1. The third-order valence-electron chi connectivity index (χ3n) is 4.19. The predicted molar refractivity (Wildman–Crippen MR) is 106 cm³/mol. The van der Waals surface area contributed by atoms with Crippen LogP contribution in [-0.2, 0) is 4.74 Å². The lowest BCUT2D eigenvalue weighted by Crippen LogP contribution is -2.37. The highest BCUT2D eigenvalue weighted by molar-refractivity contribution is 14.1. The highest BCUT2D eigenvalue weighted by Crippen LogP contribution is 2.35. The van der Waals surface area contributed by atoms with E-state index in [9.17, 15) is 4.79 Å². The number of carbonyl (C=O) groups excluding carboxylic acids is 1. The second-order valence-corrected chi connectivity index (χ2v) is 8.91. The van der Waals surface area contributed by atoms with Gasteiger partial charge in [-0.15, -0.1) is 0 Å². The third-order valence-corrected chi connectivity index (χ3v) is 4.91. The maximum absolute atomic E-state index is 12.6. The minimum atomic E-state index is -0.497. The summed E-state index contributed by atoms with van der Waals surface area (Å²) in [4.78, 5) is 22.4. The first kappa shape index (κ1) is 18.2. The Morgan fingerprint density at radius 1 is 1.32 bits per heavy atom. The summed E-state index contributed by atoms with van der Waals surface area (Å²) in [6.45, 7) is 8.52. The van der Waals surface area contributed by atoms with Crippen molar-refractivity contribution in [2.75, 3.05) is 6.54 Å². The molecule has 1 aromatic heterocycles. The van der Waals surface area contributed by atoms with Crippen LogP contribution in [0.1, 0.15) is 46.0 Å². The van der Waals surface area contributed by atoms with Crippen LogP contribution in [0.2, 0.25) is 0 Å². The molecule has 6 heteroatoms. The fraction of sp³-hybridized carbons (Fsp3) is 0.474. The number of aromatic amines is 1. The van der Waals surface area contributed by atoms with Crippen molar-refractivity contribution in [3.63, 3.8) is 0 Å². The largest absolute Gasteiger partial charge is 0.444 e. The molecule has 134 valence electrons. The number of nitrogens with zero attached hydrogens (tertiary/aromatic N) is 2. The number of ether oxygens (including phenoxy) is 1. The van der Waals surface area contributed by atoms with E-state index in [0.29, 0.717) is 12.5 Å². The molecule has 3 rings (SSSR count). The van der Waals surface area contributed by atoms with Crippen LogP contribution in [0.4, 0.5) is 4.79 Å². The van der Waals surface area contributed by atoms with Crippen molar-refractivity contribution in [1.82, 2.24) is 14.9 Å². The van der Waals surface area contributed by atoms with Crippen molar-refractivity contribution in [3.8, 4) is 11.3 Å². The number of hydrogen-bond donors (Lipinski definition) is 1. The lowest BCUT2D eigenvalue weighted by Gasteiger charge is -2.27. The minimum Gasteiger partial charge on any atom is -0.444 e. The molecule has 2 aromatic rings. The van der Waals surface area contributed by atoms with E-state index in [0.717, 1.165) is 23.5 Å². The van der Waals surface area contributed by atoms with Gasteiger partial charge in [0.05, 0.1) is 11.7 Å². The number of hydrogen-bond acceptors (Lipinski definition) is 3. The van der Waals surface area contributed by atoms with Gasteiger partial charge in [-0.1, -0.05) is 19.1 Å². The van der Waals surface area contributed by atoms with E-state index >= 15 is 0 Å². The number of amides is 1. The number of carbonyl (C=O) groups is 1. The maximum Gasteiger partial charge on any atom is 0.410 e. The molecule has 25 heavy (non-hydrogen) atoms. The number of nitrogens with one attached hydrogen (secondary N) is 1. The lowest BCUT2D eigenvalue weighted by atomic mass is 10.1. The molecule has 1 fully saturated rings. The zero-order valence-electron chi connectivity index (χ0n) is 15.0. The van der Waals surface area contributed by atoms with E-state index in [1.807, 2.05) is 27.0 Å². The van der Waals surface area contributed by atoms with Gasteiger partial charge in [0.1, 0.15) is 11.4 Å². The molecule has 1 N–H and O–H groups in total. The second-order valence-electron chi connectivity index (χ2n) is 7.67. The fourth-order valence-corrected chi connectivity index (χ4v) is 3.46. The van der Waals surface area contributed by atoms with Crippen LogP contribution in [0.15, 0.2) is 30.5 Å². The molecule has 1 aliphatic rings. The SMILES string of the molecule is C[C@@H]1C[C@@H](c2nc(-c3ccc(I)cc3)c[nH]2)N(C(=O)OC(C)(C)C)C1. The molecule has 5 nitrogen and oxygen atoms in total. The van der Waals surface area contributed by atoms with E-state index in [4.69, 9.17) is 9.72 Å². The van der Waals surface area contributed by atoms with E-state index in [-0.39, 0.29) is 12.1 Å². The van der Waals surface area contributed by atoms with Crippen molar-refractivity contribution < 1.29 is 9.53 Å². The zero-order chi connectivity index (χ0) is 18.2. The number of likely N-dealkylation sites (tertiary alicyclic amines) is 1. The number of halogens is 1. The fourth-order valence-electron chi connectivity index (χ4n) is 3.10. The molecule has 0 aliphatic carbocycles. The van der Waals surface area contributed by atoms with Crippen LogP contribution >= 0.6 is 22.6 Å². The van der Waals surface area contributed by atoms with E-state index < -0.39 is 5.60 Å². The molecule has 0 saturated carbocycles. The Hall–Kier alpha value is -1.57. The van der Waals surface area contributed by atoms with Crippen LogP contribution in [0.3, 0.4) is 0 Å². The quantitative estimate of drug-likeness (QED) is 0.652. The standard InChI is InChI=1S/C19H24IN3O2/c1-12-9-16(23(11-12)18(24)25-19(2,3)4)17-21-10-15(22-17)13-5-7-14(20)8-6-13/h5-8,10,12,16H,9,11H2,1-4H3,(H,21,22)/t12-,16+/m1/s1. The van der Waals surface area contributed by atoms with E-state index in [2.05, 4.69) is 58.8 Å². The van der Waals surface area contributed by atoms with Gasteiger partial charge >= 0.3 is 6.09 Å². The Morgan fingerprint density at radius 3 is 2.64 bits per heavy atom. The smallest absolute Gasteiger partial charge is 0.410 e. The van der Waals surface area contributed by atoms with Gasteiger partial charge in [-0.2, -0.15) is 0 Å². The molecule has 1 amide bonds. The van der Waals surface area contributed by atoms with Crippen molar-refractivity contribution >= 4 is 28.7 Å². The molecule has 2 heterocycles. The molecule has 2 atom stereocenters. The first-order chi connectivity index (χ1) is 11.7. The van der Waals surface area contributed by atoms with Crippen molar-refractivity contribution in [2.24, 2.45) is 5.92 Å². The Labute approximate surface area is 162 Å². The number of rotatable bonds is 2. The second kappa shape index (κ2) is 6.97. The third kappa shape index (κ3) is 4.34. The summed E-state index contributed by atoms with van der Waals surface area (Å²) in [5, 5.41) is 0. The number of aromatic nitrogens is 2. The summed E-state index contributed by atoms with van der Waals surface area (Å²) in [5.41, 5.74) is 1.47. The topological polar surface area (TPSA) is 58.2 Å². The number of H-pyrrole nitrogens is 1. The first-order valence-corrected chi connectivity index (χ1v) is 9.61. The number of benzene rings is 1. The Morgan fingerprint density at radius 2 is 2.00 bits per heavy atom. The van der Waals surface area contributed by atoms with Crippen LogP contribution in [0.25, 0.3) is 11.3 Å². The molecule has 0 spiro atoms. The molecule has 0 bridgehead atoms. The van der Waals surface area contributed by atoms with Crippen LogP contribution in [-0.4, -0.2) is 33.1 Å². The Balaban J connectivity index is 1.82. The van der Waals surface area contributed by atoms with Gasteiger partial charge in [0.2, 0.25) is 0 Å². The Bertz CT molecular complexity index is 749. The highest BCUT2D eigenvalue weighted by Gasteiger charge is 2.38. The van der Waals surface area contributed by atoms with Crippen LogP contribution in [0.5, 0.6) is 0 Å². The Kier molecular flexibility index (Phi) is 5.09. The van der Waals surface area contributed by atoms with Crippen molar-refractivity contribution in [2.45, 2.75) is 45.8 Å².